The summed E-state index contributed by atoms with van der Waals surface area (Å²) in [5.41, 5.74) is 0.644. The lowest BCUT2D eigenvalue weighted by atomic mass is 10.1. The van der Waals surface area contributed by atoms with E-state index in [4.69, 9.17) is 0 Å². The van der Waals surface area contributed by atoms with E-state index in [1.54, 1.807) is 11.8 Å². The van der Waals surface area contributed by atoms with Crippen molar-refractivity contribution < 1.29 is 9.59 Å². The highest BCUT2D eigenvalue weighted by Gasteiger charge is 2.38. The fraction of sp³-hybridized carbons (Fsp3) is 0.692. The van der Waals surface area contributed by atoms with Crippen LogP contribution in [0.1, 0.15) is 28.2 Å². The lowest BCUT2D eigenvalue weighted by Gasteiger charge is -2.32. The molecule has 2 aliphatic rings. The summed E-state index contributed by atoms with van der Waals surface area (Å²) in [6, 6.07) is -0.322. The third kappa shape index (κ3) is 2.77. The molecule has 0 bridgehead atoms. The molecular weight excluding hydrogens is 290 g/mol. The van der Waals surface area contributed by atoms with Crippen molar-refractivity contribution in [2.45, 2.75) is 25.8 Å². The van der Waals surface area contributed by atoms with E-state index in [1.165, 1.54) is 0 Å². The predicted molar refractivity (Wildman–Crippen MR) is 78.2 cm³/mol. The Hall–Kier alpha value is -1.54. The molecule has 3 heterocycles. The summed E-state index contributed by atoms with van der Waals surface area (Å²) in [6.07, 6.45) is 1.62. The van der Waals surface area contributed by atoms with Crippen molar-refractivity contribution in [1.82, 2.24) is 24.7 Å². The molecule has 21 heavy (non-hydrogen) atoms. The molecule has 0 radical (unpaired) electrons. The topological polar surface area (TPSA) is 78.4 Å². The largest absolute Gasteiger partial charge is 0.338 e. The maximum absolute atomic E-state index is 12.6. The van der Waals surface area contributed by atoms with Crippen molar-refractivity contribution in [2.75, 3.05) is 32.7 Å². The van der Waals surface area contributed by atoms with Crippen molar-refractivity contribution in [3.8, 4) is 0 Å². The number of piperazine rings is 1. The van der Waals surface area contributed by atoms with Crippen LogP contribution in [0.4, 0.5) is 0 Å². The Morgan fingerprint density at radius 3 is 2.71 bits per heavy atom. The number of aryl methyl sites for hydroxylation is 1. The SMILES string of the molecule is Cc1nnsc1C(=O)N1CCCC1C(=O)N1CCNCC1. The highest BCUT2D eigenvalue weighted by Crippen LogP contribution is 2.24. The molecule has 0 aliphatic carbocycles. The highest BCUT2D eigenvalue weighted by molar-refractivity contribution is 7.07. The first-order valence-electron chi connectivity index (χ1n) is 7.28. The van der Waals surface area contributed by atoms with E-state index in [9.17, 15) is 9.59 Å². The minimum atomic E-state index is -0.322. The maximum atomic E-state index is 12.6. The van der Waals surface area contributed by atoms with E-state index in [0.717, 1.165) is 50.6 Å². The zero-order chi connectivity index (χ0) is 14.8. The van der Waals surface area contributed by atoms with Gasteiger partial charge in [0.15, 0.2) is 0 Å². The Balaban J connectivity index is 1.74. The molecule has 7 nitrogen and oxygen atoms in total. The first-order valence-corrected chi connectivity index (χ1v) is 8.05. The Morgan fingerprint density at radius 1 is 1.29 bits per heavy atom. The average molecular weight is 309 g/mol. The summed E-state index contributed by atoms with van der Waals surface area (Å²) < 4.78 is 3.81. The molecule has 2 aliphatic heterocycles. The number of likely N-dealkylation sites (tertiary alicyclic amines) is 1. The van der Waals surface area contributed by atoms with Gasteiger partial charge in [0, 0.05) is 32.7 Å². The second-order valence-corrected chi connectivity index (χ2v) is 6.17. The zero-order valence-corrected chi connectivity index (χ0v) is 12.9. The van der Waals surface area contributed by atoms with Crippen LogP contribution in [-0.2, 0) is 4.79 Å². The Labute approximate surface area is 127 Å². The number of aromatic nitrogens is 2. The van der Waals surface area contributed by atoms with Gasteiger partial charge >= 0.3 is 0 Å². The smallest absolute Gasteiger partial charge is 0.268 e. The summed E-state index contributed by atoms with van der Waals surface area (Å²) in [4.78, 5) is 29.4. The number of carbonyl (C=O) groups is 2. The average Bonchev–Trinajstić information content (AvgIpc) is 3.15. The van der Waals surface area contributed by atoms with Gasteiger partial charge in [0.1, 0.15) is 10.9 Å². The second-order valence-electron chi connectivity index (χ2n) is 5.42. The fourth-order valence-electron chi connectivity index (χ4n) is 2.92. The molecule has 8 heteroatoms. The van der Waals surface area contributed by atoms with Crippen LogP contribution in [0, 0.1) is 6.92 Å². The summed E-state index contributed by atoms with van der Waals surface area (Å²) >= 11 is 1.11. The third-order valence-corrected chi connectivity index (χ3v) is 4.89. The van der Waals surface area contributed by atoms with Crippen LogP contribution >= 0.6 is 11.5 Å². The Morgan fingerprint density at radius 2 is 2.05 bits per heavy atom. The van der Waals surface area contributed by atoms with E-state index >= 15 is 0 Å². The molecule has 1 aromatic heterocycles. The lowest BCUT2D eigenvalue weighted by Crippen LogP contribution is -2.53. The molecule has 1 atom stereocenters. The molecule has 1 aromatic rings. The van der Waals surface area contributed by atoms with Crippen LogP contribution in [0.15, 0.2) is 0 Å². The van der Waals surface area contributed by atoms with Gasteiger partial charge in [0.05, 0.1) is 5.69 Å². The molecule has 114 valence electrons. The Bertz CT molecular complexity index is 540. The normalized spacial score (nSPS) is 22.6. The molecule has 1 unspecified atom stereocenters. The number of rotatable bonds is 2. The number of hydrogen-bond donors (Lipinski definition) is 1. The van der Waals surface area contributed by atoms with Gasteiger partial charge < -0.3 is 15.1 Å². The number of nitrogens with zero attached hydrogens (tertiary/aromatic N) is 4. The van der Waals surface area contributed by atoms with Gasteiger partial charge in [-0.15, -0.1) is 5.10 Å². The number of hydrogen-bond acceptors (Lipinski definition) is 6. The molecule has 1 N–H and O–H groups in total. The maximum Gasteiger partial charge on any atom is 0.268 e. The number of amides is 2. The van der Waals surface area contributed by atoms with Crippen molar-refractivity contribution in [3.63, 3.8) is 0 Å². The summed E-state index contributed by atoms with van der Waals surface area (Å²) in [5.74, 6) is -0.0223. The predicted octanol–water partition coefficient (Wildman–Crippen LogP) is -0.117. The van der Waals surface area contributed by atoms with Gasteiger partial charge in [-0.2, -0.15) is 0 Å². The first-order chi connectivity index (χ1) is 10.2. The van der Waals surface area contributed by atoms with Gasteiger partial charge in [0.25, 0.3) is 5.91 Å². The van der Waals surface area contributed by atoms with E-state index in [-0.39, 0.29) is 17.9 Å². The molecule has 3 rings (SSSR count). The van der Waals surface area contributed by atoms with Gasteiger partial charge in [-0.3, -0.25) is 9.59 Å². The Kier molecular flexibility index (Phi) is 4.16. The fourth-order valence-corrected chi connectivity index (χ4v) is 3.53. The van der Waals surface area contributed by atoms with Crippen LogP contribution < -0.4 is 5.32 Å². The van der Waals surface area contributed by atoms with Gasteiger partial charge in [-0.1, -0.05) is 4.49 Å². The lowest BCUT2D eigenvalue weighted by molar-refractivity contribution is -0.135. The highest BCUT2D eigenvalue weighted by atomic mass is 32.1. The number of nitrogens with one attached hydrogen (secondary N) is 1. The van der Waals surface area contributed by atoms with E-state index < -0.39 is 0 Å². The minimum Gasteiger partial charge on any atom is -0.338 e. The van der Waals surface area contributed by atoms with Crippen LogP contribution in [0.25, 0.3) is 0 Å². The van der Waals surface area contributed by atoms with Gasteiger partial charge in [-0.25, -0.2) is 0 Å². The molecule has 2 saturated heterocycles. The van der Waals surface area contributed by atoms with Gasteiger partial charge in [0.2, 0.25) is 5.91 Å². The minimum absolute atomic E-state index is 0.0810. The molecule has 0 aromatic carbocycles. The molecular formula is C13H19N5O2S. The number of carbonyl (C=O) groups excluding carboxylic acids is 2. The van der Waals surface area contributed by atoms with Crippen LogP contribution in [0.5, 0.6) is 0 Å². The van der Waals surface area contributed by atoms with Crippen LogP contribution in [-0.4, -0.2) is 70.0 Å². The molecule has 2 amide bonds. The second kappa shape index (κ2) is 6.07. The van der Waals surface area contributed by atoms with Gasteiger partial charge in [-0.05, 0) is 31.3 Å². The zero-order valence-electron chi connectivity index (χ0n) is 12.0. The molecule has 0 saturated carbocycles. The standard InChI is InChI=1S/C13H19N5O2S/c1-9-11(21-16-15-9)13(20)18-6-2-3-10(18)12(19)17-7-4-14-5-8-17/h10,14H,2-8H2,1H3. The van der Waals surface area contributed by atoms with Crippen molar-refractivity contribution in [2.24, 2.45) is 0 Å². The first kappa shape index (κ1) is 14.4. The van der Waals surface area contributed by atoms with Crippen LogP contribution in [0.2, 0.25) is 0 Å². The summed E-state index contributed by atoms with van der Waals surface area (Å²) in [6.45, 7) is 5.50. The van der Waals surface area contributed by atoms with Crippen molar-refractivity contribution in [3.05, 3.63) is 10.6 Å². The van der Waals surface area contributed by atoms with Crippen molar-refractivity contribution in [1.29, 1.82) is 0 Å². The molecule has 0 spiro atoms. The summed E-state index contributed by atoms with van der Waals surface area (Å²) in [5, 5.41) is 7.12. The molecule has 2 fully saturated rings. The quantitative estimate of drug-likeness (QED) is 0.824. The van der Waals surface area contributed by atoms with E-state index in [2.05, 4.69) is 14.9 Å². The van der Waals surface area contributed by atoms with E-state index in [1.807, 2.05) is 4.90 Å². The monoisotopic (exact) mass is 309 g/mol. The third-order valence-electron chi connectivity index (χ3n) is 4.07. The summed E-state index contributed by atoms with van der Waals surface area (Å²) in [7, 11) is 0. The van der Waals surface area contributed by atoms with E-state index in [0.29, 0.717) is 17.1 Å². The van der Waals surface area contributed by atoms with Crippen LogP contribution in [0.3, 0.4) is 0 Å². The van der Waals surface area contributed by atoms with Crippen molar-refractivity contribution >= 4 is 23.3 Å².